The molecule has 2 aromatic heterocycles. The molecule has 1 saturated heterocycles. The first-order chi connectivity index (χ1) is 15.1. The minimum absolute atomic E-state index is 0.0533. The van der Waals surface area contributed by atoms with Crippen LogP contribution in [-0.4, -0.2) is 57.9 Å². The number of anilines is 1. The van der Waals surface area contributed by atoms with Crippen molar-refractivity contribution in [2.45, 2.75) is 0 Å². The fourth-order valence-corrected chi connectivity index (χ4v) is 4.00. The lowest BCUT2D eigenvalue weighted by molar-refractivity contribution is 0.229. The SMILES string of the molecule is COc1cc2ncnc(-c3cn(C)nc3-c3ccccc3)c2cc1N1CCN(C)C1=O. The van der Waals surface area contributed by atoms with E-state index in [0.717, 1.165) is 33.4 Å². The van der Waals surface area contributed by atoms with Gasteiger partial charge in [-0.25, -0.2) is 14.8 Å². The van der Waals surface area contributed by atoms with Crippen LogP contribution in [0.3, 0.4) is 0 Å². The van der Waals surface area contributed by atoms with Gasteiger partial charge in [0.05, 0.1) is 24.0 Å². The molecular formula is C23H22N6O2. The molecule has 0 radical (unpaired) electrons. The second-order valence-electron chi connectivity index (χ2n) is 7.55. The van der Waals surface area contributed by atoms with E-state index in [-0.39, 0.29) is 6.03 Å². The van der Waals surface area contributed by atoms with Gasteiger partial charge in [0.25, 0.3) is 0 Å². The van der Waals surface area contributed by atoms with Crippen LogP contribution in [0.15, 0.2) is 55.0 Å². The highest BCUT2D eigenvalue weighted by Gasteiger charge is 2.29. The number of fused-ring (bicyclic) bond motifs is 1. The maximum atomic E-state index is 12.7. The van der Waals surface area contributed by atoms with Crippen LogP contribution in [0.5, 0.6) is 5.75 Å². The fraction of sp³-hybridized carbons (Fsp3) is 0.217. The summed E-state index contributed by atoms with van der Waals surface area (Å²) in [6, 6.07) is 13.8. The summed E-state index contributed by atoms with van der Waals surface area (Å²) in [5.74, 6) is 0.607. The van der Waals surface area contributed by atoms with Gasteiger partial charge in [-0.3, -0.25) is 9.58 Å². The first kappa shape index (κ1) is 19.0. The molecule has 2 aromatic carbocycles. The van der Waals surface area contributed by atoms with Gasteiger partial charge in [-0.1, -0.05) is 30.3 Å². The Hall–Kier alpha value is -3.94. The second kappa shape index (κ2) is 7.39. The highest BCUT2D eigenvalue weighted by atomic mass is 16.5. The summed E-state index contributed by atoms with van der Waals surface area (Å²) in [5.41, 5.74) is 4.98. The number of aryl methyl sites for hydroxylation is 1. The van der Waals surface area contributed by atoms with E-state index in [1.54, 1.807) is 35.0 Å². The molecule has 8 heteroatoms. The number of carbonyl (C=O) groups excluding carboxylic acids is 1. The molecule has 31 heavy (non-hydrogen) atoms. The predicted octanol–water partition coefficient (Wildman–Crippen LogP) is 3.58. The molecule has 3 heterocycles. The number of rotatable bonds is 4. The Morgan fingerprint density at radius 1 is 1.00 bits per heavy atom. The lowest BCUT2D eigenvalue weighted by Crippen LogP contribution is -2.29. The van der Waals surface area contributed by atoms with Crippen LogP contribution in [0.2, 0.25) is 0 Å². The Morgan fingerprint density at radius 2 is 1.81 bits per heavy atom. The van der Waals surface area contributed by atoms with Gasteiger partial charge in [-0.15, -0.1) is 0 Å². The molecule has 2 amide bonds. The topological polar surface area (TPSA) is 76.4 Å². The number of urea groups is 1. The summed E-state index contributed by atoms with van der Waals surface area (Å²) in [4.78, 5) is 25.2. The van der Waals surface area contributed by atoms with Crippen LogP contribution in [0, 0.1) is 0 Å². The average Bonchev–Trinajstić information content (AvgIpc) is 3.35. The van der Waals surface area contributed by atoms with Crippen LogP contribution >= 0.6 is 0 Å². The molecule has 0 aliphatic carbocycles. The van der Waals surface area contributed by atoms with E-state index in [2.05, 4.69) is 15.1 Å². The monoisotopic (exact) mass is 414 g/mol. The van der Waals surface area contributed by atoms with E-state index in [1.807, 2.05) is 55.7 Å². The molecule has 156 valence electrons. The molecule has 1 aliphatic heterocycles. The third-order valence-corrected chi connectivity index (χ3v) is 5.57. The van der Waals surface area contributed by atoms with E-state index in [9.17, 15) is 4.79 Å². The van der Waals surface area contributed by atoms with Gasteiger partial charge in [0.2, 0.25) is 0 Å². The van der Waals surface area contributed by atoms with Crippen LogP contribution in [0.25, 0.3) is 33.4 Å². The number of benzene rings is 2. The number of carbonyl (C=O) groups is 1. The van der Waals surface area contributed by atoms with Crippen LogP contribution in [-0.2, 0) is 7.05 Å². The smallest absolute Gasteiger partial charge is 0.324 e. The van der Waals surface area contributed by atoms with Crippen molar-refractivity contribution in [3.05, 3.63) is 55.0 Å². The number of likely N-dealkylation sites (N-methyl/N-ethyl adjacent to an activating group) is 1. The largest absolute Gasteiger partial charge is 0.494 e. The van der Waals surface area contributed by atoms with Crippen molar-refractivity contribution in [1.82, 2.24) is 24.6 Å². The minimum Gasteiger partial charge on any atom is -0.494 e. The normalized spacial score (nSPS) is 14.0. The molecule has 0 N–H and O–H groups in total. The van der Waals surface area contributed by atoms with Crippen molar-refractivity contribution in [2.75, 3.05) is 32.1 Å². The third-order valence-electron chi connectivity index (χ3n) is 5.57. The predicted molar refractivity (Wildman–Crippen MR) is 119 cm³/mol. The Kier molecular flexibility index (Phi) is 4.54. The van der Waals surface area contributed by atoms with Gasteiger partial charge in [0.15, 0.2) is 0 Å². The number of hydrogen-bond donors (Lipinski definition) is 0. The van der Waals surface area contributed by atoms with Gasteiger partial charge in [-0.2, -0.15) is 5.10 Å². The van der Waals surface area contributed by atoms with Crippen molar-refractivity contribution < 1.29 is 9.53 Å². The quantitative estimate of drug-likeness (QED) is 0.510. The third kappa shape index (κ3) is 3.16. The molecule has 1 aliphatic rings. The first-order valence-corrected chi connectivity index (χ1v) is 10.0. The summed E-state index contributed by atoms with van der Waals surface area (Å²) >= 11 is 0. The van der Waals surface area contributed by atoms with Crippen molar-refractivity contribution >= 4 is 22.6 Å². The number of nitrogens with zero attached hydrogens (tertiary/aromatic N) is 6. The van der Waals surface area contributed by atoms with E-state index >= 15 is 0 Å². The van der Waals surface area contributed by atoms with Crippen molar-refractivity contribution in [1.29, 1.82) is 0 Å². The first-order valence-electron chi connectivity index (χ1n) is 10.0. The Labute approximate surface area is 179 Å². The number of amides is 2. The van der Waals surface area contributed by atoms with Gasteiger partial charge in [0, 0.05) is 56.0 Å². The average molecular weight is 414 g/mol. The van der Waals surface area contributed by atoms with Gasteiger partial charge in [0.1, 0.15) is 17.8 Å². The standard InChI is InChI=1S/C23H22N6O2/c1-27-9-10-29(23(27)30)19-11-16-18(12-20(19)31-3)24-14-25-22(16)17-13-28(2)26-21(17)15-7-5-4-6-8-15/h4-8,11-14H,9-10H2,1-3H3. The van der Waals surface area contributed by atoms with E-state index in [1.165, 1.54) is 0 Å². The molecule has 5 rings (SSSR count). The van der Waals surface area contributed by atoms with Gasteiger partial charge in [-0.05, 0) is 6.07 Å². The lowest BCUT2D eigenvalue weighted by atomic mass is 10.0. The van der Waals surface area contributed by atoms with E-state index in [0.29, 0.717) is 24.5 Å². The Bertz CT molecular complexity index is 1280. The van der Waals surface area contributed by atoms with Crippen LogP contribution in [0.1, 0.15) is 0 Å². The number of ether oxygens (including phenoxy) is 1. The maximum absolute atomic E-state index is 12.7. The summed E-state index contributed by atoms with van der Waals surface area (Å²) in [6.45, 7) is 1.27. The summed E-state index contributed by atoms with van der Waals surface area (Å²) in [7, 11) is 5.30. The molecule has 8 nitrogen and oxygen atoms in total. The molecule has 0 unspecified atom stereocenters. The summed E-state index contributed by atoms with van der Waals surface area (Å²) in [5, 5.41) is 5.52. The van der Waals surface area contributed by atoms with Crippen molar-refractivity contribution in [3.63, 3.8) is 0 Å². The highest BCUT2D eigenvalue weighted by Crippen LogP contribution is 2.39. The number of hydrogen-bond acceptors (Lipinski definition) is 5. The minimum atomic E-state index is -0.0533. The number of methoxy groups -OCH3 is 1. The molecule has 0 bridgehead atoms. The van der Waals surface area contributed by atoms with Crippen molar-refractivity contribution in [3.8, 4) is 28.3 Å². The zero-order valence-electron chi connectivity index (χ0n) is 17.6. The summed E-state index contributed by atoms with van der Waals surface area (Å²) < 4.78 is 7.39. The zero-order chi connectivity index (χ0) is 21.5. The second-order valence-corrected chi connectivity index (χ2v) is 7.55. The highest BCUT2D eigenvalue weighted by molar-refractivity contribution is 6.02. The Morgan fingerprint density at radius 3 is 2.52 bits per heavy atom. The molecule has 0 saturated carbocycles. The number of aromatic nitrogens is 4. The van der Waals surface area contributed by atoms with Gasteiger partial charge >= 0.3 is 6.03 Å². The van der Waals surface area contributed by atoms with Crippen LogP contribution < -0.4 is 9.64 Å². The molecular weight excluding hydrogens is 392 g/mol. The summed E-state index contributed by atoms with van der Waals surface area (Å²) in [6.07, 6.45) is 3.51. The molecule has 4 aromatic rings. The zero-order valence-corrected chi connectivity index (χ0v) is 17.6. The lowest BCUT2D eigenvalue weighted by Gasteiger charge is -2.20. The van der Waals surface area contributed by atoms with E-state index in [4.69, 9.17) is 4.74 Å². The Balaban J connectivity index is 1.73. The van der Waals surface area contributed by atoms with Crippen molar-refractivity contribution in [2.24, 2.45) is 7.05 Å². The fourth-order valence-electron chi connectivity index (χ4n) is 4.00. The van der Waals surface area contributed by atoms with Gasteiger partial charge < -0.3 is 9.64 Å². The maximum Gasteiger partial charge on any atom is 0.324 e. The molecule has 0 spiro atoms. The molecule has 1 fully saturated rings. The van der Waals surface area contributed by atoms with E-state index < -0.39 is 0 Å². The molecule has 0 atom stereocenters. The van der Waals surface area contributed by atoms with Crippen LogP contribution in [0.4, 0.5) is 10.5 Å².